The molecule has 1 aliphatic rings. The molecule has 2 N–H and O–H groups in total. The van der Waals surface area contributed by atoms with Crippen LogP contribution in [0.15, 0.2) is 41.3 Å². The lowest BCUT2D eigenvalue weighted by atomic mass is 10.1. The molecule has 1 fully saturated rings. The molecule has 0 bridgehead atoms. The van der Waals surface area contributed by atoms with E-state index in [1.807, 2.05) is 0 Å². The van der Waals surface area contributed by atoms with Crippen molar-refractivity contribution in [1.29, 1.82) is 0 Å². The van der Waals surface area contributed by atoms with E-state index in [0.29, 0.717) is 13.0 Å². The fourth-order valence-corrected chi connectivity index (χ4v) is 3.61. The van der Waals surface area contributed by atoms with E-state index in [2.05, 4.69) is 10.6 Å². The molecule has 1 heterocycles. The molecule has 1 unspecified atom stereocenters. The third-order valence-electron chi connectivity index (χ3n) is 4.48. The molecule has 0 saturated carbocycles. The summed E-state index contributed by atoms with van der Waals surface area (Å²) in [6.07, 6.45) is -2.39. The van der Waals surface area contributed by atoms with E-state index in [9.17, 15) is 22.8 Å². The van der Waals surface area contributed by atoms with Crippen molar-refractivity contribution in [3.05, 3.63) is 52.5 Å². The number of thioether (sulfide) groups is 1. The van der Waals surface area contributed by atoms with E-state index in [4.69, 9.17) is 16.3 Å². The number of hydrogen-bond acceptors (Lipinski definition) is 4. The first-order valence-corrected chi connectivity index (χ1v) is 10.6. The Bertz CT molecular complexity index is 963. The standard InChI is InChI=1S/C20H18ClF3N2O3S/c1-30-12-5-6-15(21)13(10-12)18(27)26-16-7-4-11(9-14(16)20(22,23)24)25-19(28)17-3-2-8-29-17/h4-7,9-10,17H,2-3,8H2,1H3,(H,25,28)(H,26,27). The molecule has 30 heavy (non-hydrogen) atoms. The number of hydrogen-bond donors (Lipinski definition) is 2. The van der Waals surface area contributed by atoms with Crippen LogP contribution in [0.2, 0.25) is 5.02 Å². The highest BCUT2D eigenvalue weighted by molar-refractivity contribution is 7.98. The van der Waals surface area contributed by atoms with Gasteiger partial charge in [0.2, 0.25) is 0 Å². The van der Waals surface area contributed by atoms with Crippen LogP contribution >= 0.6 is 23.4 Å². The van der Waals surface area contributed by atoms with Gasteiger partial charge in [-0.05, 0) is 55.5 Å². The number of carbonyl (C=O) groups excluding carboxylic acids is 2. The summed E-state index contributed by atoms with van der Waals surface area (Å²) in [6, 6.07) is 7.89. The van der Waals surface area contributed by atoms with Crippen LogP contribution in [0.4, 0.5) is 24.5 Å². The number of ether oxygens (including phenoxy) is 1. The highest BCUT2D eigenvalue weighted by Gasteiger charge is 2.35. The summed E-state index contributed by atoms with van der Waals surface area (Å²) < 4.78 is 46.0. The Labute approximate surface area is 180 Å². The van der Waals surface area contributed by atoms with Gasteiger partial charge >= 0.3 is 6.18 Å². The van der Waals surface area contributed by atoms with Gasteiger partial charge in [0.15, 0.2) is 0 Å². The normalized spacial score (nSPS) is 16.4. The molecule has 3 rings (SSSR count). The van der Waals surface area contributed by atoms with E-state index in [0.717, 1.165) is 23.4 Å². The van der Waals surface area contributed by atoms with E-state index < -0.39 is 35.3 Å². The highest BCUT2D eigenvalue weighted by atomic mass is 35.5. The minimum atomic E-state index is -4.75. The molecule has 1 atom stereocenters. The Morgan fingerprint density at radius 2 is 1.93 bits per heavy atom. The first kappa shape index (κ1) is 22.5. The Morgan fingerprint density at radius 1 is 1.17 bits per heavy atom. The van der Waals surface area contributed by atoms with Gasteiger partial charge in [-0.1, -0.05) is 11.6 Å². The zero-order chi connectivity index (χ0) is 21.9. The summed E-state index contributed by atoms with van der Waals surface area (Å²) in [5, 5.41) is 4.83. The van der Waals surface area contributed by atoms with Gasteiger partial charge in [-0.15, -0.1) is 11.8 Å². The molecule has 160 valence electrons. The van der Waals surface area contributed by atoms with Crippen molar-refractivity contribution in [1.82, 2.24) is 0 Å². The molecule has 2 amide bonds. The maximum Gasteiger partial charge on any atom is 0.418 e. The molecule has 10 heteroatoms. The lowest BCUT2D eigenvalue weighted by molar-refractivity contribution is -0.137. The van der Waals surface area contributed by atoms with Crippen LogP contribution in [0.5, 0.6) is 0 Å². The average Bonchev–Trinajstić information content (AvgIpc) is 3.23. The van der Waals surface area contributed by atoms with Crippen molar-refractivity contribution in [3.8, 4) is 0 Å². The zero-order valence-corrected chi connectivity index (χ0v) is 17.4. The van der Waals surface area contributed by atoms with Crippen LogP contribution in [0.3, 0.4) is 0 Å². The SMILES string of the molecule is CSc1ccc(Cl)c(C(=O)Nc2ccc(NC(=O)C3CCCO3)cc2C(F)(F)F)c1. The van der Waals surface area contributed by atoms with E-state index >= 15 is 0 Å². The van der Waals surface area contributed by atoms with Crippen LogP contribution in [0.1, 0.15) is 28.8 Å². The van der Waals surface area contributed by atoms with Gasteiger partial charge in [0, 0.05) is 17.2 Å². The molecule has 2 aromatic carbocycles. The van der Waals surface area contributed by atoms with Crippen LogP contribution < -0.4 is 10.6 Å². The first-order valence-electron chi connectivity index (χ1n) is 8.97. The van der Waals surface area contributed by atoms with Crippen molar-refractivity contribution in [2.45, 2.75) is 30.0 Å². The number of rotatable bonds is 5. The summed E-state index contributed by atoms with van der Waals surface area (Å²) in [7, 11) is 0. The number of nitrogens with one attached hydrogen (secondary N) is 2. The molecule has 0 radical (unpaired) electrons. The Hall–Kier alpha value is -2.23. The van der Waals surface area contributed by atoms with Gasteiger partial charge in [0.05, 0.1) is 21.8 Å². The Morgan fingerprint density at radius 3 is 2.57 bits per heavy atom. The number of alkyl halides is 3. The summed E-state index contributed by atoms with van der Waals surface area (Å²) in [5.74, 6) is -1.27. The van der Waals surface area contributed by atoms with E-state index in [1.54, 1.807) is 12.3 Å². The maximum atomic E-state index is 13.6. The summed E-state index contributed by atoms with van der Waals surface area (Å²) in [5.41, 5.74) is -1.50. The van der Waals surface area contributed by atoms with Crippen molar-refractivity contribution in [2.75, 3.05) is 23.5 Å². The van der Waals surface area contributed by atoms with Crippen molar-refractivity contribution < 1.29 is 27.5 Å². The highest BCUT2D eigenvalue weighted by Crippen LogP contribution is 2.37. The van der Waals surface area contributed by atoms with Gasteiger partial charge < -0.3 is 15.4 Å². The molecular weight excluding hydrogens is 441 g/mol. The quantitative estimate of drug-likeness (QED) is 0.584. The van der Waals surface area contributed by atoms with Crippen LogP contribution in [-0.4, -0.2) is 30.8 Å². The largest absolute Gasteiger partial charge is 0.418 e. The number of halogens is 4. The topological polar surface area (TPSA) is 67.4 Å². The average molecular weight is 459 g/mol. The lowest BCUT2D eigenvalue weighted by Crippen LogP contribution is -2.27. The van der Waals surface area contributed by atoms with E-state index in [1.165, 1.54) is 30.0 Å². The Balaban J connectivity index is 1.85. The van der Waals surface area contributed by atoms with Gasteiger partial charge in [0.25, 0.3) is 11.8 Å². The first-order chi connectivity index (χ1) is 14.2. The predicted molar refractivity (Wildman–Crippen MR) is 110 cm³/mol. The molecule has 0 aromatic heterocycles. The third-order valence-corrected chi connectivity index (χ3v) is 5.54. The van der Waals surface area contributed by atoms with Crippen molar-refractivity contribution in [3.63, 3.8) is 0 Å². The summed E-state index contributed by atoms with van der Waals surface area (Å²) in [6.45, 7) is 0.442. The van der Waals surface area contributed by atoms with Crippen LogP contribution in [0, 0.1) is 0 Å². The Kier molecular flexibility index (Phi) is 6.95. The molecule has 1 saturated heterocycles. The molecule has 1 aliphatic heterocycles. The predicted octanol–water partition coefficient (Wildman–Crippen LogP) is 5.45. The monoisotopic (exact) mass is 458 g/mol. The molecular formula is C20H18ClF3N2O3S. The van der Waals surface area contributed by atoms with Gasteiger partial charge in [0.1, 0.15) is 6.10 Å². The molecule has 2 aromatic rings. The minimum absolute atomic E-state index is 0.0387. The van der Waals surface area contributed by atoms with Crippen molar-refractivity contribution >= 4 is 46.6 Å². The second-order valence-electron chi connectivity index (χ2n) is 6.55. The molecule has 5 nitrogen and oxygen atoms in total. The number of carbonyl (C=O) groups is 2. The third kappa shape index (κ3) is 5.27. The fraction of sp³-hybridized carbons (Fsp3) is 0.300. The van der Waals surface area contributed by atoms with Crippen LogP contribution in [0.25, 0.3) is 0 Å². The lowest BCUT2D eigenvalue weighted by Gasteiger charge is -2.17. The zero-order valence-electron chi connectivity index (χ0n) is 15.8. The van der Waals surface area contributed by atoms with E-state index in [-0.39, 0.29) is 16.3 Å². The van der Waals surface area contributed by atoms with Crippen LogP contribution in [-0.2, 0) is 15.7 Å². The molecule has 0 spiro atoms. The van der Waals surface area contributed by atoms with Gasteiger partial charge in [-0.25, -0.2) is 0 Å². The number of amides is 2. The van der Waals surface area contributed by atoms with Crippen molar-refractivity contribution in [2.24, 2.45) is 0 Å². The minimum Gasteiger partial charge on any atom is -0.368 e. The second kappa shape index (κ2) is 9.28. The van der Waals surface area contributed by atoms with Gasteiger partial charge in [-0.2, -0.15) is 13.2 Å². The maximum absolute atomic E-state index is 13.6. The number of anilines is 2. The molecule has 0 aliphatic carbocycles. The number of benzene rings is 2. The fourth-order valence-electron chi connectivity index (χ4n) is 2.97. The smallest absolute Gasteiger partial charge is 0.368 e. The second-order valence-corrected chi connectivity index (χ2v) is 7.84. The van der Waals surface area contributed by atoms with Gasteiger partial charge in [-0.3, -0.25) is 9.59 Å². The summed E-state index contributed by atoms with van der Waals surface area (Å²) in [4.78, 5) is 25.4. The summed E-state index contributed by atoms with van der Waals surface area (Å²) >= 11 is 7.41.